The van der Waals surface area contributed by atoms with E-state index >= 15 is 0 Å². The van der Waals surface area contributed by atoms with Crippen molar-refractivity contribution in [2.75, 3.05) is 13.1 Å². The zero-order chi connectivity index (χ0) is 21.4. The number of aliphatic hydroxyl groups is 2. The number of aromatic nitrogens is 2. The fraction of sp³-hybridized carbons (Fsp3) is 0.583. The average Bonchev–Trinajstić information content (AvgIpc) is 3.38. The molecule has 1 saturated carbocycles. The Kier molecular flexibility index (Phi) is 5.71. The van der Waals surface area contributed by atoms with Gasteiger partial charge in [-0.1, -0.05) is 24.3 Å². The monoisotopic (exact) mass is 424 g/mol. The first-order valence-electron chi connectivity index (χ1n) is 11.6. The molecule has 31 heavy (non-hydrogen) atoms. The summed E-state index contributed by atoms with van der Waals surface area (Å²) < 4.78 is 2.18. The number of piperidine rings is 1. The molecule has 3 heterocycles. The molecule has 7 heteroatoms. The van der Waals surface area contributed by atoms with Crippen molar-refractivity contribution in [3.8, 4) is 11.3 Å². The second kappa shape index (κ2) is 8.63. The molecule has 0 spiro atoms. The minimum Gasteiger partial charge on any atom is -0.393 e. The summed E-state index contributed by atoms with van der Waals surface area (Å²) in [6, 6.07) is 8.67. The Labute approximate surface area is 183 Å². The quantitative estimate of drug-likeness (QED) is 0.704. The number of aliphatic hydroxyl groups excluding tert-OH is 2. The van der Waals surface area contributed by atoms with E-state index in [0.29, 0.717) is 19.5 Å². The molecule has 1 aromatic carbocycles. The Hall–Kier alpha value is -2.38. The molecule has 0 unspecified atom stereocenters. The SMILES string of the molecule is O=C(NC1CCC(O)CC1)N1CCC([C@H](O)C[C@H]2c3ccccc3-c3cncn32)CC1. The highest BCUT2D eigenvalue weighted by molar-refractivity contribution is 5.74. The molecule has 1 aliphatic carbocycles. The number of fused-ring (bicyclic) bond motifs is 3. The highest BCUT2D eigenvalue weighted by atomic mass is 16.3. The molecular formula is C24H32N4O3. The van der Waals surface area contributed by atoms with Gasteiger partial charge in [-0.15, -0.1) is 0 Å². The van der Waals surface area contributed by atoms with Crippen molar-refractivity contribution in [3.63, 3.8) is 0 Å². The molecule has 0 radical (unpaired) electrons. The number of benzene rings is 1. The molecule has 2 aromatic rings. The van der Waals surface area contributed by atoms with Crippen LogP contribution in [0, 0.1) is 5.92 Å². The van der Waals surface area contributed by atoms with Gasteiger partial charge in [-0.2, -0.15) is 0 Å². The molecule has 2 aliphatic heterocycles. The van der Waals surface area contributed by atoms with Crippen LogP contribution in [-0.2, 0) is 0 Å². The zero-order valence-electron chi connectivity index (χ0n) is 17.9. The van der Waals surface area contributed by atoms with Gasteiger partial charge >= 0.3 is 6.03 Å². The summed E-state index contributed by atoms with van der Waals surface area (Å²) >= 11 is 0. The number of carbonyl (C=O) groups is 1. The van der Waals surface area contributed by atoms with Gasteiger partial charge in [0.15, 0.2) is 0 Å². The zero-order valence-corrected chi connectivity index (χ0v) is 17.9. The van der Waals surface area contributed by atoms with Crippen molar-refractivity contribution in [3.05, 3.63) is 42.4 Å². The van der Waals surface area contributed by atoms with E-state index in [2.05, 4.69) is 33.1 Å². The predicted octanol–water partition coefficient (Wildman–Crippen LogP) is 2.93. The van der Waals surface area contributed by atoms with Crippen molar-refractivity contribution >= 4 is 6.03 Å². The summed E-state index contributed by atoms with van der Waals surface area (Å²) in [7, 11) is 0. The second-order valence-corrected chi connectivity index (χ2v) is 9.37. The van der Waals surface area contributed by atoms with Gasteiger partial charge in [-0.3, -0.25) is 0 Å². The maximum atomic E-state index is 12.6. The molecule has 3 aliphatic rings. The van der Waals surface area contributed by atoms with E-state index in [4.69, 9.17) is 0 Å². The van der Waals surface area contributed by atoms with Gasteiger partial charge in [0.25, 0.3) is 0 Å². The predicted molar refractivity (Wildman–Crippen MR) is 118 cm³/mol. The molecular weight excluding hydrogens is 392 g/mol. The van der Waals surface area contributed by atoms with Crippen LogP contribution in [0.3, 0.4) is 0 Å². The fourth-order valence-electron chi connectivity index (χ4n) is 5.57. The summed E-state index contributed by atoms with van der Waals surface area (Å²) in [4.78, 5) is 18.8. The number of rotatable bonds is 4. The number of hydrogen-bond donors (Lipinski definition) is 3. The summed E-state index contributed by atoms with van der Waals surface area (Å²) in [6.07, 6.45) is 8.69. The Bertz CT molecular complexity index is 913. The fourth-order valence-corrected chi connectivity index (χ4v) is 5.57. The smallest absolute Gasteiger partial charge is 0.317 e. The molecule has 2 amide bonds. The Balaban J connectivity index is 1.15. The number of hydrogen-bond acceptors (Lipinski definition) is 4. The number of nitrogens with one attached hydrogen (secondary N) is 1. The van der Waals surface area contributed by atoms with E-state index in [9.17, 15) is 15.0 Å². The van der Waals surface area contributed by atoms with Crippen molar-refractivity contribution in [2.24, 2.45) is 5.92 Å². The highest BCUT2D eigenvalue weighted by Crippen LogP contribution is 2.42. The maximum Gasteiger partial charge on any atom is 0.317 e. The molecule has 3 N–H and O–H groups in total. The molecule has 5 rings (SSSR count). The lowest BCUT2D eigenvalue weighted by atomic mass is 9.86. The van der Waals surface area contributed by atoms with Gasteiger partial charge in [0.05, 0.1) is 36.5 Å². The van der Waals surface area contributed by atoms with E-state index in [0.717, 1.165) is 44.2 Å². The Morgan fingerprint density at radius 2 is 1.87 bits per heavy atom. The molecule has 2 fully saturated rings. The van der Waals surface area contributed by atoms with Gasteiger partial charge in [-0.05, 0) is 56.4 Å². The minimum atomic E-state index is -0.406. The van der Waals surface area contributed by atoms with Gasteiger partial charge < -0.3 is 25.0 Å². The second-order valence-electron chi connectivity index (χ2n) is 9.37. The maximum absolute atomic E-state index is 12.6. The lowest BCUT2D eigenvalue weighted by Gasteiger charge is -2.36. The van der Waals surface area contributed by atoms with Crippen LogP contribution in [0.4, 0.5) is 4.79 Å². The van der Waals surface area contributed by atoms with Crippen LogP contribution in [0.15, 0.2) is 36.8 Å². The lowest BCUT2D eigenvalue weighted by molar-refractivity contribution is 0.0529. The summed E-state index contributed by atoms with van der Waals surface area (Å²) in [5, 5.41) is 23.8. The summed E-state index contributed by atoms with van der Waals surface area (Å²) in [5.41, 5.74) is 3.59. The largest absolute Gasteiger partial charge is 0.393 e. The van der Waals surface area contributed by atoms with Crippen LogP contribution < -0.4 is 5.32 Å². The van der Waals surface area contributed by atoms with E-state index in [1.54, 1.807) is 0 Å². The first kappa shape index (κ1) is 20.5. The van der Waals surface area contributed by atoms with Crippen LogP contribution in [0.1, 0.15) is 56.6 Å². The molecule has 1 aromatic heterocycles. The van der Waals surface area contributed by atoms with Crippen molar-refractivity contribution in [1.82, 2.24) is 19.8 Å². The number of amides is 2. The third kappa shape index (κ3) is 4.08. The first-order chi connectivity index (χ1) is 15.1. The van der Waals surface area contributed by atoms with Crippen LogP contribution in [0.2, 0.25) is 0 Å². The molecule has 2 atom stereocenters. The number of urea groups is 1. The highest BCUT2D eigenvalue weighted by Gasteiger charge is 2.34. The van der Waals surface area contributed by atoms with E-state index < -0.39 is 6.10 Å². The van der Waals surface area contributed by atoms with Crippen molar-refractivity contribution in [1.29, 1.82) is 0 Å². The normalized spacial score (nSPS) is 26.9. The number of carbonyl (C=O) groups excluding carboxylic acids is 1. The van der Waals surface area contributed by atoms with Gasteiger partial charge in [0, 0.05) is 24.7 Å². The van der Waals surface area contributed by atoms with Gasteiger partial charge in [0.2, 0.25) is 0 Å². The number of likely N-dealkylation sites (tertiary alicyclic amines) is 1. The van der Waals surface area contributed by atoms with E-state index in [1.165, 1.54) is 11.1 Å². The molecule has 7 nitrogen and oxygen atoms in total. The van der Waals surface area contributed by atoms with Crippen LogP contribution in [0.25, 0.3) is 11.3 Å². The number of nitrogens with zero attached hydrogens (tertiary/aromatic N) is 3. The third-order valence-electron chi connectivity index (χ3n) is 7.46. The number of imidazole rings is 1. The Morgan fingerprint density at radius 1 is 1.13 bits per heavy atom. The first-order valence-corrected chi connectivity index (χ1v) is 11.6. The van der Waals surface area contributed by atoms with E-state index in [-0.39, 0.29) is 30.1 Å². The van der Waals surface area contributed by atoms with Crippen LogP contribution in [0.5, 0.6) is 0 Å². The van der Waals surface area contributed by atoms with Crippen LogP contribution >= 0.6 is 0 Å². The standard InChI is InChI=1S/C24H32N4O3/c29-18-7-5-17(6-8-18)26-24(31)27-11-9-16(10-12-27)23(30)13-21-19-3-1-2-4-20(19)22-14-25-15-28(21)22/h1-4,14-18,21,23,29-30H,5-13H2,(H,26,31)/t17?,18?,21-,23+/m0/s1. The lowest BCUT2D eigenvalue weighted by Crippen LogP contribution is -2.49. The average molecular weight is 425 g/mol. The topological polar surface area (TPSA) is 90.6 Å². The van der Waals surface area contributed by atoms with Crippen molar-refractivity contribution in [2.45, 2.75) is 69.2 Å². The molecule has 166 valence electrons. The summed E-state index contributed by atoms with van der Waals surface area (Å²) in [6.45, 7) is 1.36. The Morgan fingerprint density at radius 3 is 2.65 bits per heavy atom. The molecule has 0 bridgehead atoms. The third-order valence-corrected chi connectivity index (χ3v) is 7.46. The van der Waals surface area contributed by atoms with Gasteiger partial charge in [-0.25, -0.2) is 9.78 Å². The minimum absolute atomic E-state index is 0.00195. The van der Waals surface area contributed by atoms with Gasteiger partial charge in [0.1, 0.15) is 0 Å². The van der Waals surface area contributed by atoms with E-state index in [1.807, 2.05) is 23.5 Å². The van der Waals surface area contributed by atoms with Crippen LogP contribution in [-0.4, -0.2) is 62.0 Å². The summed E-state index contributed by atoms with van der Waals surface area (Å²) in [5.74, 6) is 0.202. The molecule has 1 saturated heterocycles. The van der Waals surface area contributed by atoms with Crippen molar-refractivity contribution < 1.29 is 15.0 Å².